The van der Waals surface area contributed by atoms with Crippen LogP contribution in [-0.2, 0) is 4.79 Å². The van der Waals surface area contributed by atoms with Gasteiger partial charge in [0.25, 0.3) is 0 Å². The van der Waals surface area contributed by atoms with Gasteiger partial charge >= 0.3 is 0 Å². The number of tetrazole rings is 1. The van der Waals surface area contributed by atoms with Crippen molar-refractivity contribution in [1.29, 1.82) is 0 Å². The molecule has 3 rings (SSSR count). The number of hydrogen-bond acceptors (Lipinski definition) is 5. The number of aromatic nitrogens is 4. The van der Waals surface area contributed by atoms with Gasteiger partial charge in [0.15, 0.2) is 0 Å². The van der Waals surface area contributed by atoms with E-state index in [1.807, 2.05) is 12.1 Å². The first-order chi connectivity index (χ1) is 10.3. The highest BCUT2D eigenvalue weighted by atomic mass is 16.3. The topological polar surface area (TPSA) is 85.8 Å². The number of benzene rings is 1. The summed E-state index contributed by atoms with van der Waals surface area (Å²) < 4.78 is 6.62. The number of nitrogens with one attached hydrogen (secondary N) is 1. The third-order valence-electron chi connectivity index (χ3n) is 2.67. The summed E-state index contributed by atoms with van der Waals surface area (Å²) in [5.74, 6) is 0.368. The maximum absolute atomic E-state index is 11.8. The van der Waals surface area contributed by atoms with Crippen molar-refractivity contribution in [3.8, 4) is 5.69 Å². The summed E-state index contributed by atoms with van der Waals surface area (Å²) in [6, 6.07) is 10.7. The smallest absolute Gasteiger partial charge is 0.248 e. The Morgan fingerprint density at radius 2 is 2.24 bits per heavy atom. The normalized spacial score (nSPS) is 10.9. The molecule has 0 unspecified atom stereocenters. The molecule has 0 saturated heterocycles. The molecule has 7 nitrogen and oxygen atoms in total. The van der Waals surface area contributed by atoms with E-state index in [1.54, 1.807) is 36.6 Å². The van der Waals surface area contributed by atoms with Crippen LogP contribution in [0.25, 0.3) is 11.8 Å². The minimum atomic E-state index is -0.250. The lowest BCUT2D eigenvalue weighted by atomic mass is 10.2. The maximum atomic E-state index is 11.8. The van der Waals surface area contributed by atoms with E-state index in [2.05, 4.69) is 20.8 Å². The van der Waals surface area contributed by atoms with Crippen LogP contribution >= 0.6 is 0 Å². The molecule has 1 aromatic carbocycles. The van der Waals surface area contributed by atoms with Gasteiger partial charge in [-0.15, -0.1) is 5.10 Å². The zero-order valence-electron chi connectivity index (χ0n) is 10.9. The number of hydrogen-bond donors (Lipinski definition) is 1. The highest BCUT2D eigenvalue weighted by Gasteiger charge is 2.02. The zero-order valence-corrected chi connectivity index (χ0v) is 10.9. The molecule has 0 saturated carbocycles. The van der Waals surface area contributed by atoms with Gasteiger partial charge in [0.1, 0.15) is 12.1 Å². The molecule has 2 heterocycles. The lowest BCUT2D eigenvalue weighted by molar-refractivity contribution is -0.111. The quantitative estimate of drug-likeness (QED) is 0.738. The predicted octanol–water partition coefficient (Wildman–Crippen LogP) is 1.91. The average molecular weight is 281 g/mol. The second-order valence-electron chi connectivity index (χ2n) is 4.14. The number of nitrogens with zero attached hydrogens (tertiary/aromatic N) is 4. The highest BCUT2D eigenvalue weighted by molar-refractivity contribution is 6.01. The molecule has 3 aromatic rings. The van der Waals surface area contributed by atoms with Gasteiger partial charge < -0.3 is 9.73 Å². The molecule has 0 aliphatic heterocycles. The Bertz CT molecular complexity index is 748. The van der Waals surface area contributed by atoms with E-state index < -0.39 is 0 Å². The first kappa shape index (κ1) is 12.8. The molecule has 0 aliphatic rings. The number of anilines is 1. The summed E-state index contributed by atoms with van der Waals surface area (Å²) in [6.45, 7) is 0. The van der Waals surface area contributed by atoms with Crippen LogP contribution < -0.4 is 5.32 Å². The Kier molecular flexibility index (Phi) is 3.55. The highest BCUT2D eigenvalue weighted by Crippen LogP contribution is 2.13. The summed E-state index contributed by atoms with van der Waals surface area (Å²) in [6.07, 6.45) is 6.04. The van der Waals surface area contributed by atoms with Gasteiger partial charge in [-0.25, -0.2) is 4.68 Å². The lowest BCUT2D eigenvalue weighted by Crippen LogP contribution is -2.08. The standard InChI is InChI=1S/C14H11N5O2/c20-14(7-6-13-5-2-8-21-13)16-11-3-1-4-12(9-11)19-10-15-17-18-19/h1-10H,(H,16,20)/b7-6+. The van der Waals surface area contributed by atoms with Crippen molar-refractivity contribution < 1.29 is 9.21 Å². The van der Waals surface area contributed by atoms with Crippen molar-refractivity contribution in [1.82, 2.24) is 20.2 Å². The third-order valence-corrected chi connectivity index (χ3v) is 2.67. The van der Waals surface area contributed by atoms with E-state index in [-0.39, 0.29) is 5.91 Å². The summed E-state index contributed by atoms with van der Waals surface area (Å²) in [5.41, 5.74) is 1.41. The molecule has 0 spiro atoms. The van der Waals surface area contributed by atoms with E-state index in [1.165, 1.54) is 17.1 Å². The second-order valence-corrected chi connectivity index (χ2v) is 4.14. The molecule has 0 fully saturated rings. The Labute approximate surface area is 119 Å². The minimum absolute atomic E-state index is 0.250. The van der Waals surface area contributed by atoms with Crippen LogP contribution in [0.4, 0.5) is 5.69 Å². The monoisotopic (exact) mass is 281 g/mol. The van der Waals surface area contributed by atoms with Crippen molar-refractivity contribution in [2.75, 3.05) is 5.32 Å². The molecule has 0 aliphatic carbocycles. The number of amides is 1. The second kappa shape index (κ2) is 5.83. The Balaban J connectivity index is 1.70. The van der Waals surface area contributed by atoms with E-state index >= 15 is 0 Å². The first-order valence-corrected chi connectivity index (χ1v) is 6.17. The van der Waals surface area contributed by atoms with Crippen LogP contribution in [0.3, 0.4) is 0 Å². The van der Waals surface area contributed by atoms with Crippen LogP contribution in [0.1, 0.15) is 5.76 Å². The zero-order chi connectivity index (χ0) is 14.5. The molecule has 104 valence electrons. The molecule has 0 bridgehead atoms. The summed E-state index contributed by atoms with van der Waals surface area (Å²) >= 11 is 0. The van der Waals surface area contributed by atoms with Crippen LogP contribution in [0.5, 0.6) is 0 Å². The lowest BCUT2D eigenvalue weighted by Gasteiger charge is -2.04. The maximum Gasteiger partial charge on any atom is 0.248 e. The van der Waals surface area contributed by atoms with Gasteiger partial charge in [0.05, 0.1) is 12.0 Å². The molecular formula is C14H11N5O2. The SMILES string of the molecule is O=C(/C=C/c1ccco1)Nc1cccc(-n2cnnn2)c1. The fourth-order valence-corrected chi connectivity index (χ4v) is 1.73. The number of furan rings is 1. The fraction of sp³-hybridized carbons (Fsp3) is 0. The van der Waals surface area contributed by atoms with E-state index in [4.69, 9.17) is 4.42 Å². The minimum Gasteiger partial charge on any atom is -0.465 e. The van der Waals surface area contributed by atoms with Gasteiger partial charge in [-0.3, -0.25) is 4.79 Å². The first-order valence-electron chi connectivity index (χ1n) is 6.17. The molecule has 7 heteroatoms. The molecule has 1 N–H and O–H groups in total. The average Bonchev–Trinajstić information content (AvgIpc) is 3.19. The Morgan fingerprint density at radius 3 is 3.00 bits per heavy atom. The number of carbonyl (C=O) groups is 1. The van der Waals surface area contributed by atoms with E-state index in [0.29, 0.717) is 11.4 Å². The van der Waals surface area contributed by atoms with Crippen molar-refractivity contribution in [2.24, 2.45) is 0 Å². The number of rotatable bonds is 4. The van der Waals surface area contributed by atoms with Crippen LogP contribution in [0.15, 0.2) is 59.5 Å². The van der Waals surface area contributed by atoms with Crippen LogP contribution in [0.2, 0.25) is 0 Å². The largest absolute Gasteiger partial charge is 0.465 e. The van der Waals surface area contributed by atoms with Gasteiger partial charge in [0.2, 0.25) is 5.91 Å². The molecule has 0 radical (unpaired) electrons. The fourth-order valence-electron chi connectivity index (χ4n) is 1.73. The number of carbonyl (C=O) groups excluding carboxylic acids is 1. The predicted molar refractivity (Wildman–Crippen MR) is 75.5 cm³/mol. The molecular weight excluding hydrogens is 270 g/mol. The summed E-state index contributed by atoms with van der Waals surface area (Å²) in [7, 11) is 0. The van der Waals surface area contributed by atoms with Gasteiger partial charge in [0, 0.05) is 11.8 Å². The summed E-state index contributed by atoms with van der Waals surface area (Å²) in [4.78, 5) is 11.8. The summed E-state index contributed by atoms with van der Waals surface area (Å²) in [5, 5.41) is 13.7. The Morgan fingerprint density at radius 1 is 1.29 bits per heavy atom. The van der Waals surface area contributed by atoms with Crippen molar-refractivity contribution >= 4 is 17.7 Å². The van der Waals surface area contributed by atoms with E-state index in [9.17, 15) is 4.79 Å². The van der Waals surface area contributed by atoms with Gasteiger partial charge in [-0.2, -0.15) is 0 Å². The third kappa shape index (κ3) is 3.21. The molecule has 0 atom stereocenters. The van der Waals surface area contributed by atoms with Crippen molar-refractivity contribution in [3.05, 3.63) is 60.8 Å². The molecule has 1 amide bonds. The molecule has 2 aromatic heterocycles. The molecule has 21 heavy (non-hydrogen) atoms. The van der Waals surface area contributed by atoms with Gasteiger partial charge in [-0.05, 0) is 46.8 Å². The van der Waals surface area contributed by atoms with Crippen molar-refractivity contribution in [3.63, 3.8) is 0 Å². The van der Waals surface area contributed by atoms with E-state index in [0.717, 1.165) is 5.69 Å². The van der Waals surface area contributed by atoms with Crippen molar-refractivity contribution in [2.45, 2.75) is 0 Å². The van der Waals surface area contributed by atoms with Crippen LogP contribution in [-0.4, -0.2) is 26.1 Å². The van der Waals surface area contributed by atoms with Gasteiger partial charge in [-0.1, -0.05) is 6.07 Å². The Hall–Kier alpha value is -3.22. The van der Waals surface area contributed by atoms with Crippen LogP contribution in [0, 0.1) is 0 Å².